The fraction of sp³-hybridized carbons (Fsp3) is 0.400. The molecule has 1 aliphatic rings. The van der Waals surface area contributed by atoms with Crippen molar-refractivity contribution in [2.24, 2.45) is 12.5 Å². The van der Waals surface area contributed by atoms with Crippen molar-refractivity contribution in [3.05, 3.63) is 30.5 Å². The molecule has 0 saturated heterocycles. The van der Waals surface area contributed by atoms with Gasteiger partial charge in [-0.3, -0.25) is 0 Å². The molecule has 0 aliphatic heterocycles. The Balaban J connectivity index is 1.97. The fourth-order valence-corrected chi connectivity index (χ4v) is 2.62. The van der Waals surface area contributed by atoms with Gasteiger partial charge in [-0.15, -0.1) is 0 Å². The van der Waals surface area contributed by atoms with E-state index < -0.39 is 0 Å². The zero-order chi connectivity index (χ0) is 12.8. The van der Waals surface area contributed by atoms with Crippen LogP contribution in [-0.2, 0) is 7.05 Å². The number of anilines is 1. The lowest BCUT2D eigenvalue weighted by Crippen LogP contribution is -2.25. The van der Waals surface area contributed by atoms with Crippen LogP contribution in [0.4, 0.5) is 5.69 Å². The monoisotopic (exact) mass is 239 g/mol. The van der Waals surface area contributed by atoms with E-state index in [1.54, 1.807) is 0 Å². The van der Waals surface area contributed by atoms with Crippen LogP contribution in [0.5, 0.6) is 0 Å². The molecule has 1 heterocycles. The van der Waals surface area contributed by atoms with Gasteiger partial charge in [-0.1, -0.05) is 18.2 Å². The van der Waals surface area contributed by atoms with Crippen LogP contribution in [0.2, 0.25) is 0 Å². The molecule has 2 aromatic rings. The van der Waals surface area contributed by atoms with Gasteiger partial charge in [-0.2, -0.15) is 5.26 Å². The van der Waals surface area contributed by atoms with Crippen LogP contribution in [0, 0.1) is 16.7 Å². The molecule has 0 bridgehead atoms. The van der Waals surface area contributed by atoms with Crippen molar-refractivity contribution in [2.45, 2.75) is 12.8 Å². The zero-order valence-corrected chi connectivity index (χ0v) is 10.8. The molecule has 1 saturated carbocycles. The SMILES string of the molecule is CN(CC1(C#N)CC1)c1cn(C)c2ccccc12. The average Bonchev–Trinajstić information content (AvgIpc) is 3.08. The standard InChI is InChI=1S/C15H17N3/c1-17-9-14(12-5-3-4-6-13(12)17)18(2)11-15(10-16)7-8-15/h3-6,9H,7-8,11H2,1-2H3. The summed E-state index contributed by atoms with van der Waals surface area (Å²) >= 11 is 0. The minimum atomic E-state index is -0.0916. The van der Waals surface area contributed by atoms with Crippen LogP contribution in [-0.4, -0.2) is 18.2 Å². The summed E-state index contributed by atoms with van der Waals surface area (Å²) in [6.07, 6.45) is 4.23. The Kier molecular flexibility index (Phi) is 2.34. The molecule has 1 fully saturated rings. The molecule has 18 heavy (non-hydrogen) atoms. The summed E-state index contributed by atoms with van der Waals surface area (Å²) in [5.74, 6) is 0. The molecule has 0 radical (unpaired) electrons. The van der Waals surface area contributed by atoms with Crippen molar-refractivity contribution in [3.8, 4) is 6.07 Å². The number of nitrogens with zero attached hydrogens (tertiary/aromatic N) is 3. The Hall–Kier alpha value is -1.95. The molecule has 1 aromatic carbocycles. The van der Waals surface area contributed by atoms with Crippen LogP contribution < -0.4 is 4.90 Å². The first-order valence-corrected chi connectivity index (χ1v) is 6.32. The number of hydrogen-bond acceptors (Lipinski definition) is 2. The highest BCUT2D eigenvalue weighted by Crippen LogP contribution is 2.46. The average molecular weight is 239 g/mol. The van der Waals surface area contributed by atoms with Crippen LogP contribution in [0.15, 0.2) is 30.5 Å². The Morgan fingerprint density at radius 2 is 2.11 bits per heavy atom. The number of aromatic nitrogens is 1. The highest BCUT2D eigenvalue weighted by atomic mass is 15.1. The molecule has 0 N–H and O–H groups in total. The smallest absolute Gasteiger partial charge is 0.0749 e. The summed E-state index contributed by atoms with van der Waals surface area (Å²) in [6.45, 7) is 0.831. The second kappa shape index (κ2) is 3.78. The van der Waals surface area contributed by atoms with Gasteiger partial charge in [-0.25, -0.2) is 0 Å². The van der Waals surface area contributed by atoms with Gasteiger partial charge in [0.25, 0.3) is 0 Å². The summed E-state index contributed by atoms with van der Waals surface area (Å²) in [4.78, 5) is 2.22. The predicted molar refractivity (Wildman–Crippen MR) is 73.5 cm³/mol. The van der Waals surface area contributed by atoms with Gasteiger partial charge in [0.05, 0.1) is 17.2 Å². The largest absolute Gasteiger partial charge is 0.371 e. The first kappa shape index (κ1) is 11.2. The molecule has 3 heteroatoms. The molecule has 3 nitrogen and oxygen atoms in total. The molecule has 0 spiro atoms. The number of hydrogen-bond donors (Lipinski definition) is 0. The van der Waals surface area contributed by atoms with Crippen molar-refractivity contribution in [1.82, 2.24) is 4.57 Å². The zero-order valence-electron chi connectivity index (χ0n) is 10.8. The lowest BCUT2D eigenvalue weighted by atomic mass is 10.1. The van der Waals surface area contributed by atoms with E-state index in [1.807, 2.05) is 0 Å². The minimum Gasteiger partial charge on any atom is -0.371 e. The van der Waals surface area contributed by atoms with Crippen LogP contribution in [0.3, 0.4) is 0 Å². The summed E-state index contributed by atoms with van der Waals surface area (Å²) < 4.78 is 2.15. The molecule has 1 aliphatic carbocycles. The number of para-hydroxylation sites is 1. The Morgan fingerprint density at radius 1 is 1.39 bits per heavy atom. The second-order valence-electron chi connectivity index (χ2n) is 5.39. The molecule has 1 aromatic heterocycles. The summed E-state index contributed by atoms with van der Waals surface area (Å²) in [6, 6.07) is 10.9. The van der Waals surface area contributed by atoms with Crippen LogP contribution >= 0.6 is 0 Å². The van der Waals surface area contributed by atoms with Crippen molar-refractivity contribution in [3.63, 3.8) is 0 Å². The quantitative estimate of drug-likeness (QED) is 0.824. The van der Waals surface area contributed by atoms with E-state index in [2.05, 4.69) is 60.1 Å². The molecule has 0 atom stereocenters. The minimum absolute atomic E-state index is 0.0916. The second-order valence-corrected chi connectivity index (χ2v) is 5.39. The highest BCUT2D eigenvalue weighted by molar-refractivity contribution is 5.93. The van der Waals surface area contributed by atoms with E-state index in [0.717, 1.165) is 19.4 Å². The van der Waals surface area contributed by atoms with Gasteiger partial charge in [0, 0.05) is 37.7 Å². The maximum absolute atomic E-state index is 9.19. The summed E-state index contributed by atoms with van der Waals surface area (Å²) in [5.41, 5.74) is 2.36. The fourth-order valence-electron chi connectivity index (χ4n) is 2.62. The van der Waals surface area contributed by atoms with Gasteiger partial charge in [0.1, 0.15) is 0 Å². The first-order chi connectivity index (χ1) is 8.65. The van der Waals surface area contributed by atoms with Crippen LogP contribution in [0.25, 0.3) is 10.9 Å². The molecular formula is C15H17N3. The lowest BCUT2D eigenvalue weighted by molar-refractivity contribution is 0.653. The topological polar surface area (TPSA) is 32.0 Å². The number of nitriles is 1. The third kappa shape index (κ3) is 1.65. The van der Waals surface area contributed by atoms with E-state index in [1.165, 1.54) is 16.6 Å². The summed E-state index contributed by atoms with van der Waals surface area (Å²) in [5, 5.41) is 10.4. The van der Waals surface area contributed by atoms with Gasteiger partial charge in [0.15, 0.2) is 0 Å². The maximum atomic E-state index is 9.19. The lowest BCUT2D eigenvalue weighted by Gasteiger charge is -2.20. The number of rotatable bonds is 3. The van der Waals surface area contributed by atoms with E-state index >= 15 is 0 Å². The van der Waals surface area contributed by atoms with Gasteiger partial charge >= 0.3 is 0 Å². The normalized spacial score (nSPS) is 16.5. The van der Waals surface area contributed by atoms with Crippen LogP contribution in [0.1, 0.15) is 12.8 Å². The van der Waals surface area contributed by atoms with Gasteiger partial charge in [-0.05, 0) is 18.9 Å². The van der Waals surface area contributed by atoms with Crippen molar-refractivity contribution in [1.29, 1.82) is 5.26 Å². The van der Waals surface area contributed by atoms with E-state index in [0.29, 0.717) is 0 Å². The van der Waals surface area contributed by atoms with E-state index in [4.69, 9.17) is 0 Å². The molecule has 0 amide bonds. The third-order valence-corrected chi connectivity index (χ3v) is 3.92. The number of aryl methyl sites for hydroxylation is 1. The maximum Gasteiger partial charge on any atom is 0.0749 e. The van der Waals surface area contributed by atoms with Crippen molar-refractivity contribution in [2.75, 3.05) is 18.5 Å². The number of fused-ring (bicyclic) bond motifs is 1. The van der Waals surface area contributed by atoms with Gasteiger partial charge in [0.2, 0.25) is 0 Å². The molecule has 3 rings (SSSR count). The van der Waals surface area contributed by atoms with E-state index in [-0.39, 0.29) is 5.41 Å². The van der Waals surface area contributed by atoms with Crippen molar-refractivity contribution >= 4 is 16.6 Å². The van der Waals surface area contributed by atoms with Gasteiger partial charge < -0.3 is 9.47 Å². The van der Waals surface area contributed by atoms with Crippen molar-refractivity contribution < 1.29 is 0 Å². The Bertz CT molecular complexity index is 629. The summed E-state index contributed by atoms with van der Waals surface area (Å²) in [7, 11) is 4.15. The first-order valence-electron chi connectivity index (χ1n) is 6.32. The number of benzene rings is 1. The Morgan fingerprint density at radius 3 is 2.78 bits per heavy atom. The predicted octanol–water partition coefficient (Wildman–Crippen LogP) is 2.92. The highest BCUT2D eigenvalue weighted by Gasteiger charge is 2.44. The Labute approximate surface area is 107 Å². The molecule has 92 valence electrons. The molecular weight excluding hydrogens is 222 g/mol. The molecule has 0 unspecified atom stereocenters. The van der Waals surface area contributed by atoms with E-state index in [9.17, 15) is 5.26 Å². The third-order valence-electron chi connectivity index (χ3n) is 3.92.